The van der Waals surface area contributed by atoms with Crippen molar-refractivity contribution in [3.8, 4) is 0 Å². The molecular weight excluding hydrogens is 240 g/mol. The summed E-state index contributed by atoms with van der Waals surface area (Å²) in [4.78, 5) is 12.0. The van der Waals surface area contributed by atoms with Gasteiger partial charge in [-0.05, 0) is 30.5 Å². The summed E-state index contributed by atoms with van der Waals surface area (Å²) in [6, 6.07) is 8.01. The number of methoxy groups -OCH3 is 1. The molecule has 4 heteroatoms. The quantitative estimate of drug-likeness (QED) is 0.847. The zero-order valence-electron chi connectivity index (χ0n) is 11.4. The maximum atomic E-state index is 12.0. The number of carbonyl (C=O) groups excluding carboxylic acids is 1. The monoisotopic (exact) mass is 262 g/mol. The Morgan fingerprint density at radius 2 is 2.16 bits per heavy atom. The molecule has 0 bridgehead atoms. The van der Waals surface area contributed by atoms with Gasteiger partial charge in [0, 0.05) is 13.7 Å². The Balaban J connectivity index is 1.89. The molecule has 1 heterocycles. The van der Waals surface area contributed by atoms with E-state index < -0.39 is 0 Å². The van der Waals surface area contributed by atoms with Crippen molar-refractivity contribution in [3.05, 3.63) is 35.4 Å². The van der Waals surface area contributed by atoms with Gasteiger partial charge >= 0.3 is 0 Å². The Labute approximate surface area is 114 Å². The van der Waals surface area contributed by atoms with Gasteiger partial charge < -0.3 is 15.4 Å². The lowest BCUT2D eigenvalue weighted by molar-refractivity contribution is -0.123. The summed E-state index contributed by atoms with van der Waals surface area (Å²) in [5.74, 6) is 0.104. The fraction of sp³-hybridized carbons (Fsp3) is 0.533. The first-order chi connectivity index (χ1) is 9.31. The first-order valence-corrected chi connectivity index (χ1v) is 6.88. The van der Waals surface area contributed by atoms with Crippen molar-refractivity contribution < 1.29 is 9.53 Å². The van der Waals surface area contributed by atoms with Crippen molar-refractivity contribution in [2.24, 2.45) is 0 Å². The standard InChI is InChI=1S/C15H22N2O2/c1-19-11-13-7-3-2-6-12(13)10-17-15(18)14-8-4-5-9-16-14/h2-3,6-7,14,16H,4-5,8-11H2,1H3,(H,17,18)/t14-/m0/s1. The highest BCUT2D eigenvalue weighted by Crippen LogP contribution is 2.11. The van der Waals surface area contributed by atoms with Crippen molar-refractivity contribution in [3.63, 3.8) is 0 Å². The molecule has 0 radical (unpaired) electrons. The number of carbonyl (C=O) groups is 1. The average Bonchev–Trinajstić information content (AvgIpc) is 2.47. The molecule has 1 aromatic rings. The number of piperidine rings is 1. The molecule has 1 saturated heterocycles. The highest BCUT2D eigenvalue weighted by molar-refractivity contribution is 5.81. The zero-order valence-corrected chi connectivity index (χ0v) is 11.4. The first-order valence-electron chi connectivity index (χ1n) is 6.88. The molecule has 1 aliphatic rings. The van der Waals surface area contributed by atoms with E-state index in [1.807, 2.05) is 24.3 Å². The Bertz CT molecular complexity index is 414. The molecule has 1 fully saturated rings. The molecule has 0 aromatic heterocycles. The average molecular weight is 262 g/mol. The molecule has 4 nitrogen and oxygen atoms in total. The van der Waals surface area contributed by atoms with Gasteiger partial charge in [-0.25, -0.2) is 0 Å². The van der Waals surface area contributed by atoms with Gasteiger partial charge in [-0.3, -0.25) is 4.79 Å². The number of rotatable bonds is 5. The van der Waals surface area contributed by atoms with Gasteiger partial charge in [0.25, 0.3) is 0 Å². The van der Waals surface area contributed by atoms with Crippen LogP contribution in [0.5, 0.6) is 0 Å². The molecule has 2 rings (SSSR count). The SMILES string of the molecule is COCc1ccccc1CNC(=O)[C@@H]1CCCCN1. The maximum Gasteiger partial charge on any atom is 0.237 e. The van der Waals surface area contributed by atoms with Gasteiger partial charge in [0.2, 0.25) is 5.91 Å². The van der Waals surface area contributed by atoms with Crippen LogP contribution < -0.4 is 10.6 Å². The third-order valence-electron chi connectivity index (χ3n) is 3.50. The summed E-state index contributed by atoms with van der Waals surface area (Å²) < 4.78 is 5.17. The minimum atomic E-state index is -0.0247. The molecule has 0 saturated carbocycles. The van der Waals surface area contributed by atoms with Crippen LogP contribution >= 0.6 is 0 Å². The Hall–Kier alpha value is -1.39. The van der Waals surface area contributed by atoms with E-state index in [4.69, 9.17) is 4.74 Å². The maximum absolute atomic E-state index is 12.0. The minimum Gasteiger partial charge on any atom is -0.380 e. The van der Waals surface area contributed by atoms with Gasteiger partial charge in [-0.2, -0.15) is 0 Å². The summed E-state index contributed by atoms with van der Waals surface area (Å²) >= 11 is 0. The van der Waals surface area contributed by atoms with Gasteiger partial charge in [0.15, 0.2) is 0 Å². The van der Waals surface area contributed by atoms with Crippen LogP contribution in [0.1, 0.15) is 30.4 Å². The summed E-state index contributed by atoms with van der Waals surface area (Å²) in [6.45, 7) is 2.09. The second kappa shape index (κ2) is 7.26. The van der Waals surface area contributed by atoms with E-state index in [1.165, 1.54) is 6.42 Å². The minimum absolute atomic E-state index is 0.0247. The zero-order chi connectivity index (χ0) is 13.5. The summed E-state index contributed by atoms with van der Waals surface area (Å²) in [6.07, 6.45) is 3.23. The van der Waals surface area contributed by atoms with Crippen LogP contribution in [0.3, 0.4) is 0 Å². The smallest absolute Gasteiger partial charge is 0.237 e. The van der Waals surface area contributed by atoms with Crippen LogP contribution in [-0.4, -0.2) is 25.6 Å². The van der Waals surface area contributed by atoms with Crippen LogP contribution in [0.25, 0.3) is 0 Å². The lowest BCUT2D eigenvalue weighted by Gasteiger charge is -2.22. The van der Waals surface area contributed by atoms with Gasteiger partial charge in [-0.15, -0.1) is 0 Å². The molecule has 0 unspecified atom stereocenters. The van der Waals surface area contributed by atoms with Crippen molar-refractivity contribution in [1.29, 1.82) is 0 Å². The highest BCUT2D eigenvalue weighted by atomic mass is 16.5. The predicted octanol–water partition coefficient (Wildman–Crippen LogP) is 1.59. The fourth-order valence-corrected chi connectivity index (χ4v) is 2.41. The van der Waals surface area contributed by atoms with Crippen LogP contribution in [0.15, 0.2) is 24.3 Å². The van der Waals surface area contributed by atoms with Gasteiger partial charge in [-0.1, -0.05) is 30.7 Å². The van der Waals surface area contributed by atoms with E-state index >= 15 is 0 Å². The van der Waals surface area contributed by atoms with Crippen LogP contribution in [0.4, 0.5) is 0 Å². The highest BCUT2D eigenvalue weighted by Gasteiger charge is 2.20. The summed E-state index contributed by atoms with van der Waals surface area (Å²) in [7, 11) is 1.68. The molecule has 1 atom stereocenters. The lowest BCUT2D eigenvalue weighted by Crippen LogP contribution is -2.46. The summed E-state index contributed by atoms with van der Waals surface area (Å²) in [5.41, 5.74) is 2.25. The number of nitrogens with one attached hydrogen (secondary N) is 2. The normalized spacial score (nSPS) is 19.1. The number of ether oxygens (including phenoxy) is 1. The Morgan fingerprint density at radius 3 is 2.84 bits per heavy atom. The summed E-state index contributed by atoms with van der Waals surface area (Å²) in [5, 5.41) is 6.27. The largest absolute Gasteiger partial charge is 0.380 e. The second-order valence-electron chi connectivity index (χ2n) is 4.92. The number of hydrogen-bond donors (Lipinski definition) is 2. The molecule has 2 N–H and O–H groups in total. The predicted molar refractivity (Wildman–Crippen MR) is 74.6 cm³/mol. The third-order valence-corrected chi connectivity index (χ3v) is 3.50. The van der Waals surface area contributed by atoms with Crippen molar-refractivity contribution in [2.75, 3.05) is 13.7 Å². The van der Waals surface area contributed by atoms with Crippen molar-refractivity contribution >= 4 is 5.91 Å². The molecule has 0 spiro atoms. The van der Waals surface area contributed by atoms with Crippen molar-refractivity contribution in [2.45, 2.75) is 38.5 Å². The third kappa shape index (κ3) is 4.04. The van der Waals surface area contributed by atoms with E-state index in [-0.39, 0.29) is 11.9 Å². The van der Waals surface area contributed by atoms with Gasteiger partial charge in [0.1, 0.15) is 0 Å². The topological polar surface area (TPSA) is 50.4 Å². The molecule has 104 valence electrons. The second-order valence-corrected chi connectivity index (χ2v) is 4.92. The lowest BCUT2D eigenvalue weighted by atomic mass is 10.0. The van der Waals surface area contributed by atoms with E-state index in [9.17, 15) is 4.79 Å². The number of hydrogen-bond acceptors (Lipinski definition) is 3. The first kappa shape index (κ1) is 14.0. The Kier molecular flexibility index (Phi) is 5.36. The van der Waals surface area contributed by atoms with Crippen molar-refractivity contribution in [1.82, 2.24) is 10.6 Å². The van der Waals surface area contributed by atoms with E-state index in [0.717, 1.165) is 30.5 Å². The number of amides is 1. The number of benzene rings is 1. The molecule has 19 heavy (non-hydrogen) atoms. The molecular formula is C15H22N2O2. The molecule has 1 aromatic carbocycles. The van der Waals surface area contributed by atoms with E-state index in [2.05, 4.69) is 10.6 Å². The van der Waals surface area contributed by atoms with Crippen LogP contribution in [0, 0.1) is 0 Å². The fourth-order valence-electron chi connectivity index (χ4n) is 2.41. The van der Waals surface area contributed by atoms with Crippen LogP contribution in [-0.2, 0) is 22.7 Å². The van der Waals surface area contributed by atoms with Gasteiger partial charge in [0.05, 0.1) is 12.6 Å². The molecule has 0 aliphatic carbocycles. The molecule has 1 aliphatic heterocycles. The van der Waals surface area contributed by atoms with E-state index in [0.29, 0.717) is 13.2 Å². The Morgan fingerprint density at radius 1 is 1.37 bits per heavy atom. The molecule has 1 amide bonds. The van der Waals surface area contributed by atoms with E-state index in [1.54, 1.807) is 7.11 Å². The van der Waals surface area contributed by atoms with Crippen LogP contribution in [0.2, 0.25) is 0 Å².